The van der Waals surface area contributed by atoms with E-state index in [1.54, 1.807) is 0 Å². The van der Waals surface area contributed by atoms with Gasteiger partial charge in [-0.05, 0) is 31.5 Å². The summed E-state index contributed by atoms with van der Waals surface area (Å²) < 4.78 is 5.09. The van der Waals surface area contributed by atoms with E-state index in [0.717, 1.165) is 12.1 Å². The summed E-state index contributed by atoms with van der Waals surface area (Å²) in [5, 5.41) is 6.98. The zero-order valence-electron chi connectivity index (χ0n) is 12.2. The molecule has 2 rings (SSSR count). The van der Waals surface area contributed by atoms with E-state index in [9.17, 15) is 0 Å². The first kappa shape index (κ1) is 15.3. The second kappa shape index (κ2) is 7.08. The van der Waals surface area contributed by atoms with Gasteiger partial charge in [0.25, 0.3) is 0 Å². The first-order chi connectivity index (χ1) is 10.1. The fourth-order valence-electron chi connectivity index (χ4n) is 1.78. The predicted octanol–water partition coefficient (Wildman–Crippen LogP) is 3.14. The van der Waals surface area contributed by atoms with Crippen molar-refractivity contribution in [3.63, 3.8) is 0 Å². The van der Waals surface area contributed by atoms with Crippen molar-refractivity contribution in [3.8, 4) is 6.01 Å². The van der Waals surface area contributed by atoms with Gasteiger partial charge in [0.1, 0.15) is 0 Å². The van der Waals surface area contributed by atoms with Gasteiger partial charge < -0.3 is 15.4 Å². The molecule has 2 aromatic rings. The zero-order valence-corrected chi connectivity index (χ0v) is 13.0. The van der Waals surface area contributed by atoms with Gasteiger partial charge in [-0.2, -0.15) is 15.0 Å². The molecule has 0 fully saturated rings. The summed E-state index contributed by atoms with van der Waals surface area (Å²) in [6, 6.07) is 7.93. The largest absolute Gasteiger partial charge is 0.467 e. The van der Waals surface area contributed by atoms with Gasteiger partial charge in [0, 0.05) is 11.6 Å². The molecule has 1 atom stereocenters. The third kappa shape index (κ3) is 4.19. The van der Waals surface area contributed by atoms with Gasteiger partial charge in [0.2, 0.25) is 11.9 Å². The van der Waals surface area contributed by atoms with E-state index in [-0.39, 0.29) is 12.1 Å². The van der Waals surface area contributed by atoms with Crippen molar-refractivity contribution >= 4 is 23.5 Å². The predicted molar refractivity (Wildman–Crippen MR) is 84.0 cm³/mol. The van der Waals surface area contributed by atoms with Crippen LogP contribution >= 0.6 is 11.6 Å². The highest BCUT2D eigenvalue weighted by atomic mass is 35.5. The molecule has 6 nitrogen and oxygen atoms in total. The third-order valence-electron chi connectivity index (χ3n) is 2.85. The lowest BCUT2D eigenvalue weighted by Gasteiger charge is -2.15. The first-order valence-electron chi connectivity index (χ1n) is 6.68. The number of methoxy groups -OCH3 is 1. The molecule has 7 heteroatoms. The summed E-state index contributed by atoms with van der Waals surface area (Å²) in [4.78, 5) is 12.6. The van der Waals surface area contributed by atoms with Crippen molar-refractivity contribution in [1.29, 1.82) is 0 Å². The van der Waals surface area contributed by atoms with Gasteiger partial charge in [0.05, 0.1) is 13.2 Å². The molecule has 0 saturated carbocycles. The summed E-state index contributed by atoms with van der Waals surface area (Å²) in [6.45, 7) is 4.71. The molecule has 0 aliphatic heterocycles. The second-order valence-electron chi connectivity index (χ2n) is 4.42. The number of nitrogens with zero attached hydrogens (tertiary/aromatic N) is 3. The van der Waals surface area contributed by atoms with Crippen LogP contribution in [0.4, 0.5) is 11.9 Å². The molecule has 0 saturated heterocycles. The minimum absolute atomic E-state index is 0.0313. The Morgan fingerprint density at radius 3 is 2.43 bits per heavy atom. The highest BCUT2D eigenvalue weighted by molar-refractivity contribution is 6.30. The molecule has 0 aliphatic rings. The van der Waals surface area contributed by atoms with E-state index in [0.29, 0.717) is 16.9 Å². The van der Waals surface area contributed by atoms with Crippen molar-refractivity contribution in [1.82, 2.24) is 15.0 Å². The zero-order chi connectivity index (χ0) is 15.2. The van der Waals surface area contributed by atoms with Crippen LogP contribution in [0.1, 0.15) is 25.5 Å². The lowest BCUT2D eigenvalue weighted by Crippen LogP contribution is -2.12. The summed E-state index contributed by atoms with van der Waals surface area (Å²) in [6.07, 6.45) is 0. The number of hydrogen-bond donors (Lipinski definition) is 2. The maximum atomic E-state index is 5.89. The number of hydrogen-bond acceptors (Lipinski definition) is 6. The van der Waals surface area contributed by atoms with E-state index in [1.165, 1.54) is 7.11 Å². The lowest BCUT2D eigenvalue weighted by molar-refractivity contribution is 0.379. The Hall–Kier alpha value is -2.08. The average Bonchev–Trinajstić information content (AvgIpc) is 2.48. The van der Waals surface area contributed by atoms with Crippen molar-refractivity contribution in [2.45, 2.75) is 19.9 Å². The molecule has 0 radical (unpaired) electrons. The Morgan fingerprint density at radius 2 is 1.81 bits per heavy atom. The van der Waals surface area contributed by atoms with Gasteiger partial charge in [-0.15, -0.1) is 0 Å². The maximum absolute atomic E-state index is 5.89. The molecule has 1 aromatic carbocycles. The van der Waals surface area contributed by atoms with Crippen LogP contribution in [0.2, 0.25) is 5.02 Å². The molecule has 21 heavy (non-hydrogen) atoms. The van der Waals surface area contributed by atoms with Crippen LogP contribution in [-0.4, -0.2) is 28.6 Å². The minimum atomic E-state index is 0.0313. The number of nitrogens with one attached hydrogen (secondary N) is 2. The van der Waals surface area contributed by atoms with Crippen molar-refractivity contribution in [2.24, 2.45) is 0 Å². The molecule has 0 spiro atoms. The van der Waals surface area contributed by atoms with Gasteiger partial charge in [-0.1, -0.05) is 23.7 Å². The van der Waals surface area contributed by atoms with E-state index in [1.807, 2.05) is 38.1 Å². The van der Waals surface area contributed by atoms with Crippen LogP contribution < -0.4 is 15.4 Å². The third-order valence-corrected chi connectivity index (χ3v) is 3.10. The Kier molecular flexibility index (Phi) is 5.16. The fraction of sp³-hybridized carbons (Fsp3) is 0.357. The minimum Gasteiger partial charge on any atom is -0.467 e. The van der Waals surface area contributed by atoms with E-state index >= 15 is 0 Å². The standard InChI is InChI=1S/C14H18ClN5O/c1-4-16-12-18-13(20-14(19-12)21-3)17-9(2)10-5-7-11(15)8-6-10/h5-9H,4H2,1-3H3,(H2,16,17,18,19,20). The molecular formula is C14H18ClN5O. The smallest absolute Gasteiger partial charge is 0.322 e. The van der Waals surface area contributed by atoms with Gasteiger partial charge in [0.15, 0.2) is 0 Å². The van der Waals surface area contributed by atoms with Crippen LogP contribution in [0.25, 0.3) is 0 Å². The van der Waals surface area contributed by atoms with E-state index in [4.69, 9.17) is 16.3 Å². The van der Waals surface area contributed by atoms with Crippen LogP contribution in [-0.2, 0) is 0 Å². The molecule has 2 N–H and O–H groups in total. The Morgan fingerprint density at radius 1 is 1.14 bits per heavy atom. The topological polar surface area (TPSA) is 72.0 Å². The molecule has 0 bridgehead atoms. The summed E-state index contributed by atoms with van der Waals surface area (Å²) in [7, 11) is 1.53. The lowest BCUT2D eigenvalue weighted by atomic mass is 10.1. The van der Waals surface area contributed by atoms with Crippen LogP contribution in [0, 0.1) is 0 Å². The highest BCUT2D eigenvalue weighted by Crippen LogP contribution is 2.20. The molecule has 0 aliphatic carbocycles. The Balaban J connectivity index is 2.17. The summed E-state index contributed by atoms with van der Waals surface area (Å²) in [5.41, 5.74) is 1.09. The Bertz CT molecular complexity index is 590. The maximum Gasteiger partial charge on any atom is 0.322 e. The highest BCUT2D eigenvalue weighted by Gasteiger charge is 2.10. The first-order valence-corrected chi connectivity index (χ1v) is 7.06. The van der Waals surface area contributed by atoms with Gasteiger partial charge >= 0.3 is 6.01 Å². The van der Waals surface area contributed by atoms with E-state index in [2.05, 4.69) is 25.6 Å². The van der Waals surface area contributed by atoms with Crippen molar-refractivity contribution in [3.05, 3.63) is 34.9 Å². The van der Waals surface area contributed by atoms with Crippen LogP contribution in [0.15, 0.2) is 24.3 Å². The number of aromatic nitrogens is 3. The number of rotatable bonds is 6. The molecular weight excluding hydrogens is 290 g/mol. The molecule has 1 aromatic heterocycles. The molecule has 1 unspecified atom stereocenters. The van der Waals surface area contributed by atoms with Crippen molar-refractivity contribution < 1.29 is 4.74 Å². The van der Waals surface area contributed by atoms with E-state index < -0.39 is 0 Å². The SMILES string of the molecule is CCNc1nc(NC(C)c2ccc(Cl)cc2)nc(OC)n1. The number of halogens is 1. The normalized spacial score (nSPS) is 11.8. The molecule has 112 valence electrons. The molecule has 0 amide bonds. The monoisotopic (exact) mass is 307 g/mol. The van der Waals surface area contributed by atoms with Crippen molar-refractivity contribution in [2.75, 3.05) is 24.3 Å². The summed E-state index contributed by atoms with van der Waals surface area (Å²) >= 11 is 5.89. The Labute approximate surface area is 128 Å². The fourth-order valence-corrected chi connectivity index (χ4v) is 1.90. The number of anilines is 2. The summed E-state index contributed by atoms with van der Waals surface area (Å²) in [5.74, 6) is 0.940. The average molecular weight is 308 g/mol. The number of benzene rings is 1. The number of ether oxygens (including phenoxy) is 1. The second-order valence-corrected chi connectivity index (χ2v) is 4.85. The van der Waals surface area contributed by atoms with Gasteiger partial charge in [-0.25, -0.2) is 0 Å². The van der Waals surface area contributed by atoms with Crippen LogP contribution in [0.5, 0.6) is 6.01 Å². The quantitative estimate of drug-likeness (QED) is 0.854. The molecule has 1 heterocycles. The van der Waals surface area contributed by atoms with Crippen LogP contribution in [0.3, 0.4) is 0 Å². The van der Waals surface area contributed by atoms with Gasteiger partial charge in [-0.3, -0.25) is 0 Å².